The molecule has 1 fully saturated rings. The van der Waals surface area contributed by atoms with E-state index in [1.807, 2.05) is 20.9 Å². The maximum Gasteiger partial charge on any atom is 0.193 e. The molecule has 4 nitrogen and oxygen atoms in total. The van der Waals surface area contributed by atoms with Crippen molar-refractivity contribution in [2.24, 2.45) is 4.99 Å². The quantitative estimate of drug-likeness (QED) is 0.688. The molecule has 0 aliphatic carbocycles. The zero-order chi connectivity index (χ0) is 14.5. The number of nitrogens with zero attached hydrogens (tertiary/aromatic N) is 2. The van der Waals surface area contributed by atoms with Crippen molar-refractivity contribution in [2.45, 2.75) is 39.0 Å². The van der Waals surface area contributed by atoms with Gasteiger partial charge in [-0.3, -0.25) is 4.99 Å². The third-order valence-corrected chi connectivity index (χ3v) is 5.06. The lowest BCUT2D eigenvalue weighted by atomic mass is 10.2. The average Bonchev–Trinajstić information content (AvgIpc) is 2.78. The summed E-state index contributed by atoms with van der Waals surface area (Å²) in [5, 5.41) is 4.18. The lowest BCUT2D eigenvalue weighted by Crippen LogP contribution is -2.47. The lowest BCUT2D eigenvalue weighted by molar-refractivity contribution is 0.407. The highest BCUT2D eigenvalue weighted by Crippen LogP contribution is 2.21. The van der Waals surface area contributed by atoms with Crippen molar-refractivity contribution in [1.29, 1.82) is 0 Å². The zero-order valence-electron chi connectivity index (χ0n) is 12.9. The van der Waals surface area contributed by atoms with Crippen LogP contribution in [0.25, 0.3) is 0 Å². The van der Waals surface area contributed by atoms with Gasteiger partial charge in [0.25, 0.3) is 0 Å². The van der Waals surface area contributed by atoms with E-state index in [1.54, 1.807) is 0 Å². The van der Waals surface area contributed by atoms with Crippen LogP contribution in [0.15, 0.2) is 15.5 Å². The average molecular weight is 295 g/mol. The Morgan fingerprint density at radius 1 is 1.55 bits per heavy atom. The van der Waals surface area contributed by atoms with Crippen molar-refractivity contribution in [3.8, 4) is 0 Å². The summed E-state index contributed by atoms with van der Waals surface area (Å²) in [5.74, 6) is 4.14. The Labute approximate surface area is 126 Å². The number of guanidine groups is 1. The molecule has 0 bridgehead atoms. The molecule has 20 heavy (non-hydrogen) atoms. The Balaban J connectivity index is 1.94. The first-order valence-corrected chi connectivity index (χ1v) is 8.32. The van der Waals surface area contributed by atoms with Crippen molar-refractivity contribution < 1.29 is 4.42 Å². The van der Waals surface area contributed by atoms with Crippen LogP contribution in [0, 0.1) is 13.8 Å². The number of furan rings is 1. The highest BCUT2D eigenvalue weighted by molar-refractivity contribution is 8.00. The molecule has 1 aliphatic heterocycles. The lowest BCUT2D eigenvalue weighted by Gasteiger charge is -2.34. The molecule has 0 aromatic carbocycles. The van der Waals surface area contributed by atoms with E-state index in [0.29, 0.717) is 0 Å². The maximum absolute atomic E-state index is 5.56. The molecule has 0 spiro atoms. The number of hydrogen-bond acceptors (Lipinski definition) is 3. The Morgan fingerprint density at radius 3 is 2.95 bits per heavy atom. The van der Waals surface area contributed by atoms with Crippen LogP contribution in [0.5, 0.6) is 0 Å². The van der Waals surface area contributed by atoms with Gasteiger partial charge < -0.3 is 14.6 Å². The molecule has 0 saturated carbocycles. The Kier molecular flexibility index (Phi) is 5.40. The van der Waals surface area contributed by atoms with Gasteiger partial charge in [-0.05, 0) is 26.3 Å². The number of aryl methyl sites for hydroxylation is 2. The largest absolute Gasteiger partial charge is 0.466 e. The predicted octanol–water partition coefficient (Wildman–Crippen LogP) is 2.80. The molecule has 0 radical (unpaired) electrons. The highest BCUT2D eigenvalue weighted by Gasteiger charge is 2.21. The van der Waals surface area contributed by atoms with Gasteiger partial charge in [0.2, 0.25) is 0 Å². The van der Waals surface area contributed by atoms with Crippen LogP contribution in [-0.4, -0.2) is 42.0 Å². The summed E-state index contributed by atoms with van der Waals surface area (Å²) in [7, 11) is 1.86. The van der Waals surface area contributed by atoms with Gasteiger partial charge in [-0.15, -0.1) is 0 Å². The first-order valence-electron chi connectivity index (χ1n) is 7.27. The molecular weight excluding hydrogens is 270 g/mol. The molecule has 112 valence electrons. The summed E-state index contributed by atoms with van der Waals surface area (Å²) in [4.78, 5) is 6.79. The molecule has 1 saturated heterocycles. The molecule has 1 aromatic heterocycles. The van der Waals surface area contributed by atoms with Crippen LogP contribution in [0.4, 0.5) is 0 Å². The molecule has 5 heteroatoms. The van der Waals surface area contributed by atoms with E-state index >= 15 is 0 Å². The van der Waals surface area contributed by atoms with Gasteiger partial charge in [0.05, 0.1) is 0 Å². The number of nitrogens with one attached hydrogen (secondary N) is 1. The Hall–Kier alpha value is -1.10. The smallest absolute Gasteiger partial charge is 0.193 e. The normalized spacial score (nSPS) is 20.3. The molecule has 1 atom stereocenters. The minimum atomic E-state index is 0.722. The Bertz CT molecular complexity index is 470. The van der Waals surface area contributed by atoms with E-state index in [2.05, 4.69) is 40.0 Å². The van der Waals surface area contributed by atoms with Crippen LogP contribution < -0.4 is 5.32 Å². The fourth-order valence-electron chi connectivity index (χ4n) is 2.52. The van der Waals surface area contributed by atoms with E-state index in [9.17, 15) is 0 Å². The molecule has 0 amide bonds. The highest BCUT2D eigenvalue weighted by atomic mass is 32.2. The SMILES string of the molecule is CCC1CN(C(=NC)NCc2cc(C)oc2C)CCS1. The van der Waals surface area contributed by atoms with Crippen molar-refractivity contribution in [3.63, 3.8) is 0 Å². The van der Waals surface area contributed by atoms with Crippen LogP contribution in [0.1, 0.15) is 30.4 Å². The second kappa shape index (κ2) is 7.07. The predicted molar refractivity (Wildman–Crippen MR) is 86.5 cm³/mol. The number of thioether (sulfide) groups is 1. The number of hydrogen-bond donors (Lipinski definition) is 1. The second-order valence-electron chi connectivity index (χ2n) is 5.19. The van der Waals surface area contributed by atoms with Gasteiger partial charge in [0.1, 0.15) is 11.5 Å². The third-order valence-electron chi connectivity index (χ3n) is 3.69. The monoisotopic (exact) mass is 295 g/mol. The minimum Gasteiger partial charge on any atom is -0.466 e. The van der Waals surface area contributed by atoms with Crippen LogP contribution >= 0.6 is 11.8 Å². The Morgan fingerprint density at radius 2 is 2.35 bits per heavy atom. The van der Waals surface area contributed by atoms with E-state index in [4.69, 9.17) is 4.42 Å². The molecule has 1 aliphatic rings. The maximum atomic E-state index is 5.56. The van der Waals surface area contributed by atoms with E-state index < -0.39 is 0 Å². The van der Waals surface area contributed by atoms with Gasteiger partial charge in [-0.25, -0.2) is 0 Å². The van der Waals surface area contributed by atoms with Crippen molar-refractivity contribution >= 4 is 17.7 Å². The first-order chi connectivity index (χ1) is 9.63. The topological polar surface area (TPSA) is 40.8 Å². The van der Waals surface area contributed by atoms with Gasteiger partial charge in [0, 0.05) is 43.2 Å². The molecule has 1 aromatic rings. The minimum absolute atomic E-state index is 0.722. The summed E-state index contributed by atoms with van der Waals surface area (Å²) >= 11 is 2.08. The zero-order valence-corrected chi connectivity index (χ0v) is 13.7. The molecular formula is C15H25N3OS. The van der Waals surface area contributed by atoms with E-state index in [1.165, 1.54) is 17.7 Å². The van der Waals surface area contributed by atoms with Gasteiger partial charge in [0.15, 0.2) is 5.96 Å². The summed E-state index contributed by atoms with van der Waals surface area (Å²) < 4.78 is 5.56. The van der Waals surface area contributed by atoms with Gasteiger partial charge >= 0.3 is 0 Å². The van der Waals surface area contributed by atoms with Crippen LogP contribution in [0.3, 0.4) is 0 Å². The fraction of sp³-hybridized carbons (Fsp3) is 0.667. The van der Waals surface area contributed by atoms with Crippen molar-refractivity contribution in [1.82, 2.24) is 10.2 Å². The summed E-state index contributed by atoms with van der Waals surface area (Å²) in [6.07, 6.45) is 1.22. The van der Waals surface area contributed by atoms with E-state index in [0.717, 1.165) is 42.4 Å². The van der Waals surface area contributed by atoms with Gasteiger partial charge in [-0.1, -0.05) is 6.92 Å². The van der Waals surface area contributed by atoms with Crippen molar-refractivity contribution in [3.05, 3.63) is 23.2 Å². The van der Waals surface area contributed by atoms with Gasteiger partial charge in [-0.2, -0.15) is 11.8 Å². The van der Waals surface area contributed by atoms with Crippen LogP contribution in [0.2, 0.25) is 0 Å². The molecule has 2 rings (SSSR count). The molecule has 2 heterocycles. The van der Waals surface area contributed by atoms with E-state index in [-0.39, 0.29) is 0 Å². The molecule has 1 N–H and O–H groups in total. The van der Waals surface area contributed by atoms with Crippen molar-refractivity contribution in [2.75, 3.05) is 25.9 Å². The fourth-order valence-corrected chi connectivity index (χ4v) is 3.70. The molecule has 1 unspecified atom stereocenters. The second-order valence-corrected chi connectivity index (χ2v) is 6.59. The first kappa shape index (κ1) is 15.3. The summed E-state index contributed by atoms with van der Waals surface area (Å²) in [6.45, 7) is 9.19. The summed E-state index contributed by atoms with van der Waals surface area (Å²) in [6, 6.07) is 2.09. The number of aliphatic imine (C=N–C) groups is 1. The summed E-state index contributed by atoms with van der Waals surface area (Å²) in [5.41, 5.74) is 1.21. The van der Waals surface area contributed by atoms with Crippen LogP contribution in [-0.2, 0) is 6.54 Å². The third kappa shape index (κ3) is 3.72. The number of rotatable bonds is 3. The standard InChI is InChI=1S/C15H25N3OS/c1-5-14-10-18(6-7-20-14)15(16-4)17-9-13-8-11(2)19-12(13)3/h8,14H,5-7,9-10H2,1-4H3,(H,16,17).